The third-order valence-corrected chi connectivity index (χ3v) is 2.72. The summed E-state index contributed by atoms with van der Waals surface area (Å²) in [4.78, 5) is 0. The highest BCUT2D eigenvalue weighted by Gasteiger charge is 2.20. The molecule has 1 unspecified atom stereocenters. The minimum Gasteiger partial charge on any atom is -0.496 e. The van der Waals surface area contributed by atoms with E-state index in [0.29, 0.717) is 0 Å². The van der Waals surface area contributed by atoms with Crippen LogP contribution in [-0.4, -0.2) is 13.7 Å². The highest BCUT2D eigenvalue weighted by atomic mass is 35.5. The predicted molar refractivity (Wildman–Crippen MR) is 53.3 cm³/mol. The summed E-state index contributed by atoms with van der Waals surface area (Å²) in [5, 5.41) is 3.20. The summed E-state index contributed by atoms with van der Waals surface area (Å²) in [6, 6.07) is 6.06. The largest absolute Gasteiger partial charge is 0.496 e. The van der Waals surface area contributed by atoms with Gasteiger partial charge in [-0.15, -0.1) is 11.6 Å². The topological polar surface area (TPSA) is 21.3 Å². The van der Waals surface area contributed by atoms with Gasteiger partial charge in [-0.1, -0.05) is 12.1 Å². The zero-order valence-corrected chi connectivity index (χ0v) is 8.27. The van der Waals surface area contributed by atoms with Crippen LogP contribution in [0.25, 0.3) is 0 Å². The minimum atomic E-state index is -0.111. The molecule has 0 radical (unpaired) electrons. The van der Waals surface area contributed by atoms with Crippen molar-refractivity contribution in [1.29, 1.82) is 0 Å². The molecule has 1 atom stereocenters. The Morgan fingerprint density at radius 1 is 1.54 bits per heavy atom. The molecule has 0 saturated heterocycles. The van der Waals surface area contributed by atoms with Crippen molar-refractivity contribution in [2.45, 2.75) is 11.9 Å². The van der Waals surface area contributed by atoms with Gasteiger partial charge < -0.3 is 4.74 Å². The zero-order chi connectivity index (χ0) is 9.26. The fraction of sp³-hybridized carbons (Fsp3) is 0.400. The van der Waals surface area contributed by atoms with Crippen LogP contribution in [0.3, 0.4) is 0 Å². The molecule has 2 nitrogen and oxygen atoms in total. The Morgan fingerprint density at radius 3 is 3.15 bits per heavy atom. The highest BCUT2D eigenvalue weighted by Crippen LogP contribution is 2.33. The molecular formula is C10H12ClNO. The minimum absolute atomic E-state index is 0.111. The van der Waals surface area contributed by atoms with Gasteiger partial charge in [-0.25, -0.2) is 0 Å². The maximum absolute atomic E-state index is 6.14. The Hall–Kier alpha value is -0.730. The molecule has 0 amide bonds. The molecule has 1 heterocycles. The van der Waals surface area contributed by atoms with Gasteiger partial charge in [-0.05, 0) is 18.1 Å². The Morgan fingerprint density at radius 2 is 2.38 bits per heavy atom. The molecule has 2 rings (SSSR count). The Labute approximate surface area is 82.9 Å². The van der Waals surface area contributed by atoms with Crippen LogP contribution in [0, 0.1) is 0 Å². The second-order valence-electron chi connectivity index (χ2n) is 3.10. The number of halogens is 1. The monoisotopic (exact) mass is 197 g/mol. The standard InChI is InChI=1S/C10H12ClNO/c1-13-8-4-2-3-7-5-6-12-10(11)9(7)8/h2-4,10,12H,5-6H2,1H3. The normalized spacial score (nSPS) is 20.9. The van der Waals surface area contributed by atoms with E-state index in [9.17, 15) is 0 Å². The predicted octanol–water partition coefficient (Wildman–Crippen LogP) is 2.08. The molecule has 1 N–H and O–H groups in total. The molecule has 1 aliphatic rings. The molecule has 1 aromatic rings. The molecule has 0 bridgehead atoms. The van der Waals surface area contributed by atoms with Crippen molar-refractivity contribution in [3.63, 3.8) is 0 Å². The first-order chi connectivity index (χ1) is 6.33. The SMILES string of the molecule is COc1cccc2c1C(Cl)NCC2. The lowest BCUT2D eigenvalue weighted by Gasteiger charge is -2.23. The van der Waals surface area contributed by atoms with Crippen molar-refractivity contribution in [2.24, 2.45) is 0 Å². The molecule has 13 heavy (non-hydrogen) atoms. The lowest BCUT2D eigenvalue weighted by Crippen LogP contribution is -2.26. The van der Waals surface area contributed by atoms with E-state index in [4.69, 9.17) is 16.3 Å². The van der Waals surface area contributed by atoms with Gasteiger partial charge in [0.2, 0.25) is 0 Å². The van der Waals surface area contributed by atoms with Gasteiger partial charge in [0, 0.05) is 12.1 Å². The quantitative estimate of drug-likeness (QED) is 0.550. The number of rotatable bonds is 1. The van der Waals surface area contributed by atoms with Gasteiger partial charge in [0.05, 0.1) is 7.11 Å². The van der Waals surface area contributed by atoms with Crippen LogP contribution in [0.15, 0.2) is 18.2 Å². The van der Waals surface area contributed by atoms with E-state index in [0.717, 1.165) is 24.3 Å². The average molecular weight is 198 g/mol. The van der Waals surface area contributed by atoms with Crippen LogP contribution in [0.4, 0.5) is 0 Å². The third kappa shape index (κ3) is 1.52. The van der Waals surface area contributed by atoms with Crippen molar-refractivity contribution in [2.75, 3.05) is 13.7 Å². The molecule has 0 fully saturated rings. The second kappa shape index (κ2) is 3.56. The Kier molecular flexibility index (Phi) is 2.42. The molecule has 3 heteroatoms. The van der Waals surface area contributed by atoms with Crippen molar-refractivity contribution < 1.29 is 4.74 Å². The molecule has 0 saturated carbocycles. The number of alkyl halides is 1. The number of hydrogen-bond acceptors (Lipinski definition) is 2. The Bertz CT molecular complexity index is 300. The average Bonchev–Trinajstić information content (AvgIpc) is 2.17. The first-order valence-corrected chi connectivity index (χ1v) is 4.80. The summed E-state index contributed by atoms with van der Waals surface area (Å²) < 4.78 is 5.26. The third-order valence-electron chi connectivity index (χ3n) is 2.35. The van der Waals surface area contributed by atoms with Crippen molar-refractivity contribution in [1.82, 2.24) is 5.32 Å². The van der Waals surface area contributed by atoms with Crippen molar-refractivity contribution >= 4 is 11.6 Å². The smallest absolute Gasteiger partial charge is 0.125 e. The number of hydrogen-bond donors (Lipinski definition) is 1. The fourth-order valence-electron chi connectivity index (χ4n) is 1.71. The van der Waals surface area contributed by atoms with E-state index in [-0.39, 0.29) is 5.50 Å². The molecule has 0 aromatic heterocycles. The van der Waals surface area contributed by atoms with Crippen LogP contribution in [0.1, 0.15) is 16.6 Å². The summed E-state index contributed by atoms with van der Waals surface area (Å²) in [6.45, 7) is 0.939. The number of fused-ring (bicyclic) bond motifs is 1. The lowest BCUT2D eigenvalue weighted by atomic mass is 10.00. The van der Waals surface area contributed by atoms with E-state index < -0.39 is 0 Å². The van der Waals surface area contributed by atoms with Crippen molar-refractivity contribution in [3.05, 3.63) is 29.3 Å². The van der Waals surface area contributed by atoms with Gasteiger partial charge in [-0.2, -0.15) is 0 Å². The first-order valence-electron chi connectivity index (χ1n) is 4.36. The van der Waals surface area contributed by atoms with Crippen LogP contribution in [0.2, 0.25) is 0 Å². The molecule has 0 aliphatic carbocycles. The number of methoxy groups -OCH3 is 1. The van der Waals surface area contributed by atoms with Crippen LogP contribution >= 0.6 is 11.6 Å². The maximum Gasteiger partial charge on any atom is 0.125 e. The number of nitrogens with one attached hydrogen (secondary N) is 1. The maximum atomic E-state index is 6.14. The van der Waals surface area contributed by atoms with Gasteiger partial charge in [0.1, 0.15) is 11.3 Å². The van der Waals surface area contributed by atoms with E-state index in [1.807, 2.05) is 12.1 Å². The number of ether oxygens (including phenoxy) is 1. The molecule has 1 aliphatic heterocycles. The molecular weight excluding hydrogens is 186 g/mol. The van der Waals surface area contributed by atoms with Gasteiger partial charge in [0.25, 0.3) is 0 Å². The first kappa shape index (κ1) is 8.85. The van der Waals surface area contributed by atoms with Crippen LogP contribution in [-0.2, 0) is 6.42 Å². The molecule has 70 valence electrons. The van der Waals surface area contributed by atoms with Crippen LogP contribution in [0.5, 0.6) is 5.75 Å². The van der Waals surface area contributed by atoms with Gasteiger partial charge >= 0.3 is 0 Å². The molecule has 0 spiro atoms. The van der Waals surface area contributed by atoms with Crippen LogP contribution < -0.4 is 10.1 Å². The summed E-state index contributed by atoms with van der Waals surface area (Å²) in [5.74, 6) is 0.879. The summed E-state index contributed by atoms with van der Waals surface area (Å²) >= 11 is 6.14. The highest BCUT2D eigenvalue weighted by molar-refractivity contribution is 6.21. The number of benzene rings is 1. The molecule has 1 aromatic carbocycles. The summed E-state index contributed by atoms with van der Waals surface area (Å²) in [7, 11) is 1.67. The Balaban J connectivity index is 2.50. The second-order valence-corrected chi connectivity index (χ2v) is 3.54. The lowest BCUT2D eigenvalue weighted by molar-refractivity contribution is 0.403. The van der Waals surface area contributed by atoms with E-state index >= 15 is 0 Å². The van der Waals surface area contributed by atoms with Gasteiger partial charge in [0.15, 0.2) is 0 Å². The van der Waals surface area contributed by atoms with E-state index in [1.54, 1.807) is 7.11 Å². The van der Waals surface area contributed by atoms with Gasteiger partial charge in [-0.3, -0.25) is 5.32 Å². The zero-order valence-electron chi connectivity index (χ0n) is 7.51. The van der Waals surface area contributed by atoms with E-state index in [2.05, 4.69) is 11.4 Å². The summed E-state index contributed by atoms with van der Waals surface area (Å²) in [6.07, 6.45) is 1.02. The fourth-order valence-corrected chi connectivity index (χ4v) is 2.07. The van der Waals surface area contributed by atoms with E-state index in [1.165, 1.54) is 5.56 Å². The summed E-state index contributed by atoms with van der Waals surface area (Å²) in [5.41, 5.74) is 2.27. The van der Waals surface area contributed by atoms with Crippen molar-refractivity contribution in [3.8, 4) is 5.75 Å².